The highest BCUT2D eigenvalue weighted by atomic mass is 35.5. The van der Waals surface area contributed by atoms with Crippen LogP contribution in [0.1, 0.15) is 16.7 Å². The van der Waals surface area contributed by atoms with Crippen LogP contribution in [0.15, 0.2) is 70.6 Å². The topological polar surface area (TPSA) is 58.5 Å². The summed E-state index contributed by atoms with van der Waals surface area (Å²) in [7, 11) is -4.08. The number of sulfonamides is 1. The highest BCUT2D eigenvalue weighted by molar-refractivity contribution is 7.92. The van der Waals surface area contributed by atoms with Crippen molar-refractivity contribution in [2.75, 3.05) is 11.3 Å². The van der Waals surface area contributed by atoms with Crippen molar-refractivity contribution < 1.29 is 17.2 Å². The fourth-order valence-corrected chi connectivity index (χ4v) is 4.43. The molecule has 4 rings (SSSR count). The van der Waals surface area contributed by atoms with Crippen LogP contribution in [0, 0.1) is 11.6 Å². The highest BCUT2D eigenvalue weighted by Crippen LogP contribution is 2.26. The second kappa shape index (κ2) is 7.57. The van der Waals surface area contributed by atoms with Crippen molar-refractivity contribution in [1.29, 1.82) is 0 Å². The molecule has 0 radical (unpaired) electrons. The van der Waals surface area contributed by atoms with Crippen molar-refractivity contribution in [3.8, 4) is 0 Å². The lowest BCUT2D eigenvalue weighted by Crippen LogP contribution is -2.16. The second-order valence-corrected chi connectivity index (χ2v) is 8.66. The predicted octanol–water partition coefficient (Wildman–Crippen LogP) is 4.81. The Bertz CT molecular complexity index is 1240. The molecule has 0 saturated carbocycles. The number of rotatable bonds is 4. The molecule has 3 aromatic rings. The lowest BCUT2D eigenvalue weighted by atomic mass is 9.93. The second-order valence-electron chi connectivity index (χ2n) is 6.54. The molecule has 0 aliphatic carbocycles. The Morgan fingerprint density at radius 2 is 1.79 bits per heavy atom. The van der Waals surface area contributed by atoms with E-state index in [1.807, 2.05) is 24.3 Å². The molecule has 29 heavy (non-hydrogen) atoms. The quantitative estimate of drug-likeness (QED) is 0.643. The number of fused-ring (bicyclic) bond motifs is 1. The van der Waals surface area contributed by atoms with Crippen LogP contribution in [0.25, 0.3) is 0 Å². The van der Waals surface area contributed by atoms with Gasteiger partial charge in [0.1, 0.15) is 0 Å². The van der Waals surface area contributed by atoms with Gasteiger partial charge >= 0.3 is 0 Å². The van der Waals surface area contributed by atoms with Crippen molar-refractivity contribution >= 4 is 33.0 Å². The third-order valence-electron chi connectivity index (χ3n) is 4.57. The minimum absolute atomic E-state index is 0.282. The lowest BCUT2D eigenvalue weighted by molar-refractivity contribution is 0.504. The molecule has 0 saturated heterocycles. The molecular formula is C21H15ClF2N2O2S. The van der Waals surface area contributed by atoms with E-state index in [1.165, 1.54) is 0 Å². The van der Waals surface area contributed by atoms with E-state index in [0.717, 1.165) is 41.0 Å². The zero-order chi connectivity index (χ0) is 20.6. The van der Waals surface area contributed by atoms with Gasteiger partial charge in [0.05, 0.1) is 10.6 Å². The fourth-order valence-electron chi connectivity index (χ4n) is 3.20. The van der Waals surface area contributed by atoms with Crippen LogP contribution in [-0.2, 0) is 16.4 Å². The Labute approximate surface area is 171 Å². The molecule has 0 aromatic heterocycles. The summed E-state index contributed by atoms with van der Waals surface area (Å²) in [6, 6.07) is 14.8. The van der Waals surface area contributed by atoms with Crippen LogP contribution in [0.2, 0.25) is 5.02 Å². The molecule has 0 spiro atoms. The van der Waals surface area contributed by atoms with Crippen molar-refractivity contribution in [2.24, 2.45) is 4.99 Å². The van der Waals surface area contributed by atoms with Crippen molar-refractivity contribution in [2.45, 2.75) is 11.3 Å². The van der Waals surface area contributed by atoms with E-state index >= 15 is 0 Å². The smallest absolute Gasteiger partial charge is 0.261 e. The molecule has 0 fully saturated rings. The van der Waals surface area contributed by atoms with Gasteiger partial charge in [0.2, 0.25) is 0 Å². The fraction of sp³-hybridized carbons (Fsp3) is 0.0952. The van der Waals surface area contributed by atoms with E-state index in [0.29, 0.717) is 17.6 Å². The molecule has 1 N–H and O–H groups in total. The lowest BCUT2D eigenvalue weighted by Gasteiger charge is -2.18. The molecule has 1 heterocycles. The molecule has 0 amide bonds. The third-order valence-corrected chi connectivity index (χ3v) is 6.18. The molecule has 1 aliphatic heterocycles. The van der Waals surface area contributed by atoms with Gasteiger partial charge in [-0.1, -0.05) is 29.8 Å². The maximum Gasteiger partial charge on any atom is 0.261 e. The molecule has 0 unspecified atom stereocenters. The van der Waals surface area contributed by atoms with Crippen LogP contribution in [0.5, 0.6) is 0 Å². The summed E-state index contributed by atoms with van der Waals surface area (Å²) in [5.41, 5.74) is 3.75. The Hall–Kier alpha value is -2.77. The number of hydrogen-bond donors (Lipinski definition) is 1. The average Bonchev–Trinajstić information content (AvgIpc) is 2.69. The zero-order valence-electron chi connectivity index (χ0n) is 15.0. The van der Waals surface area contributed by atoms with Crippen LogP contribution >= 0.6 is 11.6 Å². The van der Waals surface area contributed by atoms with Gasteiger partial charge in [-0.2, -0.15) is 0 Å². The number of aliphatic imine (C=N–C) groups is 1. The van der Waals surface area contributed by atoms with Crippen LogP contribution in [0.4, 0.5) is 14.5 Å². The maximum absolute atomic E-state index is 13.4. The van der Waals surface area contributed by atoms with Crippen molar-refractivity contribution in [3.05, 3.63) is 94.0 Å². The van der Waals surface area contributed by atoms with Crippen LogP contribution < -0.4 is 4.72 Å². The first-order valence-electron chi connectivity index (χ1n) is 8.75. The zero-order valence-corrected chi connectivity index (χ0v) is 16.6. The van der Waals surface area contributed by atoms with Gasteiger partial charge in [-0.05, 0) is 54.4 Å². The van der Waals surface area contributed by atoms with Gasteiger partial charge in [0.25, 0.3) is 10.0 Å². The van der Waals surface area contributed by atoms with Crippen LogP contribution in [-0.4, -0.2) is 20.7 Å². The standard InChI is InChI=1S/C21H15ClF2N2O2S/c22-15-5-4-13-8-9-25-21(18(13)11-15)14-2-1-3-16(10-14)26-29(27,28)17-6-7-19(23)20(24)12-17/h1-7,10-12,26H,8-9H2. The Morgan fingerprint density at radius 3 is 2.59 bits per heavy atom. The van der Waals surface area contributed by atoms with Gasteiger partial charge in [0, 0.05) is 28.4 Å². The Kier molecular flexibility index (Phi) is 5.10. The summed E-state index contributed by atoms with van der Waals surface area (Å²) < 4.78 is 54.0. The molecule has 0 atom stereocenters. The van der Waals surface area contributed by atoms with Crippen molar-refractivity contribution in [3.63, 3.8) is 0 Å². The summed E-state index contributed by atoms with van der Waals surface area (Å²) in [4.78, 5) is 4.22. The minimum atomic E-state index is -4.08. The number of anilines is 1. The molecule has 1 aliphatic rings. The number of benzene rings is 3. The van der Waals surface area contributed by atoms with Gasteiger partial charge in [-0.15, -0.1) is 0 Å². The summed E-state index contributed by atoms with van der Waals surface area (Å²) in [5.74, 6) is -2.34. The minimum Gasteiger partial charge on any atom is -0.284 e. The first kappa shape index (κ1) is 19.5. The molecule has 8 heteroatoms. The first-order valence-corrected chi connectivity index (χ1v) is 10.6. The Balaban J connectivity index is 1.67. The van der Waals surface area contributed by atoms with E-state index in [1.54, 1.807) is 18.2 Å². The first-order chi connectivity index (χ1) is 13.8. The number of nitrogens with zero attached hydrogens (tertiary/aromatic N) is 1. The summed E-state index contributed by atoms with van der Waals surface area (Å²) in [6.07, 6.45) is 0.804. The molecule has 0 bridgehead atoms. The molecular weight excluding hydrogens is 418 g/mol. The monoisotopic (exact) mass is 432 g/mol. The van der Waals surface area contributed by atoms with E-state index in [-0.39, 0.29) is 10.6 Å². The summed E-state index contributed by atoms with van der Waals surface area (Å²) in [5, 5.41) is 0.591. The Morgan fingerprint density at radius 1 is 0.966 bits per heavy atom. The number of hydrogen-bond acceptors (Lipinski definition) is 3. The van der Waals surface area contributed by atoms with Crippen LogP contribution in [0.3, 0.4) is 0 Å². The molecule has 3 aromatic carbocycles. The summed E-state index contributed by atoms with van der Waals surface area (Å²) >= 11 is 6.14. The van der Waals surface area contributed by atoms with Gasteiger partial charge in [-0.3, -0.25) is 9.71 Å². The highest BCUT2D eigenvalue weighted by Gasteiger charge is 2.19. The van der Waals surface area contributed by atoms with Gasteiger partial charge in [-0.25, -0.2) is 17.2 Å². The summed E-state index contributed by atoms with van der Waals surface area (Å²) in [6.45, 7) is 0.620. The average molecular weight is 433 g/mol. The SMILES string of the molecule is O=S(=O)(Nc1cccc(C2=NCCc3ccc(Cl)cc32)c1)c1ccc(F)c(F)c1. The maximum atomic E-state index is 13.4. The largest absolute Gasteiger partial charge is 0.284 e. The van der Waals surface area contributed by atoms with Crippen molar-refractivity contribution in [1.82, 2.24) is 0 Å². The number of halogens is 3. The predicted molar refractivity (Wildman–Crippen MR) is 109 cm³/mol. The van der Waals surface area contributed by atoms with E-state index in [4.69, 9.17) is 11.6 Å². The van der Waals surface area contributed by atoms with E-state index in [2.05, 4.69) is 9.71 Å². The van der Waals surface area contributed by atoms with E-state index in [9.17, 15) is 17.2 Å². The normalized spacial score (nSPS) is 13.6. The van der Waals surface area contributed by atoms with Gasteiger partial charge in [0.15, 0.2) is 11.6 Å². The third kappa shape index (κ3) is 4.02. The van der Waals surface area contributed by atoms with E-state index < -0.39 is 21.7 Å². The van der Waals surface area contributed by atoms with Gasteiger partial charge < -0.3 is 0 Å². The molecule has 4 nitrogen and oxygen atoms in total. The number of nitrogens with one attached hydrogen (secondary N) is 1. The molecule has 148 valence electrons.